The average molecular weight is 349 g/mol. The fourth-order valence-electron chi connectivity index (χ4n) is 4.07. The van der Waals surface area contributed by atoms with Crippen LogP contribution in [0.3, 0.4) is 0 Å². The molecule has 6 heteroatoms. The Morgan fingerprint density at radius 2 is 2.12 bits per heavy atom. The van der Waals surface area contributed by atoms with Gasteiger partial charge >= 0.3 is 0 Å². The van der Waals surface area contributed by atoms with Gasteiger partial charge in [0.1, 0.15) is 6.07 Å². The number of hydrogen-bond donors (Lipinski definition) is 1. The van der Waals surface area contributed by atoms with Crippen LogP contribution in [0.15, 0.2) is 39.7 Å². The third-order valence-corrected chi connectivity index (χ3v) is 5.88. The summed E-state index contributed by atoms with van der Waals surface area (Å²) in [7, 11) is 0. The van der Waals surface area contributed by atoms with E-state index >= 15 is 0 Å². The molecule has 0 spiro atoms. The maximum atomic E-state index is 9.93. The molecule has 0 fully saturated rings. The van der Waals surface area contributed by atoms with Gasteiger partial charge in [-0.15, -0.1) is 0 Å². The van der Waals surface area contributed by atoms with Crippen molar-refractivity contribution in [1.82, 2.24) is 4.90 Å². The molecule has 25 heavy (non-hydrogen) atoms. The third-order valence-electron chi connectivity index (χ3n) is 5.18. The quantitative estimate of drug-likeness (QED) is 0.904. The van der Waals surface area contributed by atoms with Crippen molar-refractivity contribution in [2.75, 3.05) is 19.6 Å². The zero-order valence-corrected chi connectivity index (χ0v) is 14.9. The predicted molar refractivity (Wildman–Crippen MR) is 95.8 cm³/mol. The molecule has 2 heterocycles. The van der Waals surface area contributed by atoms with Crippen LogP contribution in [-0.2, 0) is 0 Å². The van der Waals surface area contributed by atoms with E-state index in [1.165, 1.54) is 11.3 Å². The predicted octanol–water partition coefficient (Wildman–Crippen LogP) is 2.88. The normalized spacial score (nSPS) is 25.3. The molecule has 1 aromatic rings. The van der Waals surface area contributed by atoms with Crippen molar-refractivity contribution in [2.24, 2.45) is 17.1 Å². The van der Waals surface area contributed by atoms with Gasteiger partial charge in [0.05, 0.1) is 23.4 Å². The van der Waals surface area contributed by atoms with Crippen molar-refractivity contribution in [2.45, 2.75) is 19.3 Å². The Hall–Kier alpha value is -2.59. The molecule has 2 aliphatic rings. The van der Waals surface area contributed by atoms with Crippen LogP contribution in [0.4, 0.5) is 0 Å². The Labute approximate surface area is 151 Å². The Morgan fingerprint density at radius 3 is 2.68 bits per heavy atom. The number of nitrogens with zero attached hydrogens (tertiary/aromatic N) is 4. The van der Waals surface area contributed by atoms with E-state index in [1.807, 2.05) is 22.9 Å². The second-order valence-electron chi connectivity index (χ2n) is 6.49. The topological polar surface area (TPSA) is 101 Å². The highest BCUT2D eigenvalue weighted by Gasteiger charge is 2.54. The van der Waals surface area contributed by atoms with Gasteiger partial charge in [0, 0.05) is 24.9 Å². The first-order valence-electron chi connectivity index (χ1n) is 8.30. The Bertz CT molecular complexity index is 830. The fourth-order valence-corrected chi connectivity index (χ4v) is 4.76. The summed E-state index contributed by atoms with van der Waals surface area (Å²) < 4.78 is 0. The van der Waals surface area contributed by atoms with Crippen LogP contribution in [0.2, 0.25) is 0 Å². The molecule has 1 aromatic heterocycles. The standard InChI is InChI=1S/C19H19N5S/c1-2-5-24-6-3-14-15(8-20)18(23)19(11-21,12-22)17(16(14)9-24)13-4-7-25-10-13/h3-4,7,10,16-17H,2,5-6,9,23H2,1H3/t16-,17+/m1/s1. The molecule has 1 aliphatic carbocycles. The Kier molecular flexibility index (Phi) is 4.64. The van der Waals surface area contributed by atoms with Gasteiger partial charge in [-0.25, -0.2) is 0 Å². The van der Waals surface area contributed by atoms with Crippen LogP contribution in [0.1, 0.15) is 24.8 Å². The van der Waals surface area contributed by atoms with Crippen LogP contribution >= 0.6 is 11.3 Å². The van der Waals surface area contributed by atoms with Crippen molar-refractivity contribution in [3.8, 4) is 18.2 Å². The van der Waals surface area contributed by atoms with Crippen LogP contribution in [0.5, 0.6) is 0 Å². The molecule has 2 atom stereocenters. The van der Waals surface area contributed by atoms with Crippen molar-refractivity contribution in [1.29, 1.82) is 15.8 Å². The maximum absolute atomic E-state index is 9.93. The monoisotopic (exact) mass is 349 g/mol. The van der Waals surface area contributed by atoms with Crippen LogP contribution in [-0.4, -0.2) is 24.5 Å². The first-order chi connectivity index (χ1) is 12.1. The van der Waals surface area contributed by atoms with Gasteiger partial charge in [-0.1, -0.05) is 13.0 Å². The highest BCUT2D eigenvalue weighted by molar-refractivity contribution is 7.08. The smallest absolute Gasteiger partial charge is 0.191 e. The summed E-state index contributed by atoms with van der Waals surface area (Å²) >= 11 is 1.54. The first-order valence-corrected chi connectivity index (χ1v) is 9.24. The van der Waals surface area contributed by atoms with Crippen molar-refractivity contribution in [3.05, 3.63) is 45.3 Å². The molecule has 0 aromatic carbocycles. The summed E-state index contributed by atoms with van der Waals surface area (Å²) in [4.78, 5) is 2.31. The molecule has 0 saturated heterocycles. The Balaban J connectivity index is 2.24. The molecule has 2 N–H and O–H groups in total. The third kappa shape index (κ3) is 2.53. The van der Waals surface area contributed by atoms with E-state index < -0.39 is 5.41 Å². The molecule has 5 nitrogen and oxygen atoms in total. The number of rotatable bonds is 3. The van der Waals surface area contributed by atoms with Crippen molar-refractivity contribution >= 4 is 11.3 Å². The maximum Gasteiger partial charge on any atom is 0.191 e. The summed E-state index contributed by atoms with van der Waals surface area (Å²) in [6.07, 6.45) is 3.08. The highest BCUT2D eigenvalue weighted by atomic mass is 32.1. The minimum Gasteiger partial charge on any atom is -0.399 e. The first kappa shape index (κ1) is 17.2. The number of nitrogens with two attached hydrogens (primary N) is 1. The van der Waals surface area contributed by atoms with Crippen molar-refractivity contribution < 1.29 is 0 Å². The molecular weight excluding hydrogens is 330 g/mol. The van der Waals surface area contributed by atoms with E-state index in [0.717, 1.165) is 37.2 Å². The minimum absolute atomic E-state index is 0.0869. The molecule has 0 amide bonds. The van der Waals surface area contributed by atoms with E-state index in [1.54, 1.807) is 0 Å². The summed E-state index contributed by atoms with van der Waals surface area (Å²) in [6.45, 7) is 4.57. The van der Waals surface area contributed by atoms with Crippen molar-refractivity contribution in [3.63, 3.8) is 0 Å². The highest BCUT2D eigenvalue weighted by Crippen LogP contribution is 2.54. The molecular formula is C19H19N5S. The zero-order valence-electron chi connectivity index (χ0n) is 14.1. The number of fused-ring (bicyclic) bond motifs is 1. The number of nitriles is 3. The number of allylic oxidation sites excluding steroid dienone is 2. The molecule has 0 radical (unpaired) electrons. The number of hydrogen-bond acceptors (Lipinski definition) is 6. The van der Waals surface area contributed by atoms with E-state index in [9.17, 15) is 15.8 Å². The largest absolute Gasteiger partial charge is 0.399 e. The lowest BCUT2D eigenvalue weighted by molar-refractivity contribution is 0.207. The van der Waals surface area contributed by atoms with Crippen LogP contribution in [0, 0.1) is 45.3 Å². The summed E-state index contributed by atoms with van der Waals surface area (Å²) in [5.41, 5.74) is 6.99. The van der Waals surface area contributed by atoms with Gasteiger partial charge < -0.3 is 5.73 Å². The van der Waals surface area contributed by atoms with E-state index in [4.69, 9.17) is 5.73 Å². The molecule has 3 rings (SSSR count). The minimum atomic E-state index is -1.51. The molecule has 0 unspecified atom stereocenters. The molecule has 1 aliphatic heterocycles. The Morgan fingerprint density at radius 1 is 1.36 bits per heavy atom. The van der Waals surface area contributed by atoms with Gasteiger partial charge in [-0.3, -0.25) is 4.90 Å². The van der Waals surface area contributed by atoms with Gasteiger partial charge in [0.2, 0.25) is 0 Å². The molecule has 0 saturated carbocycles. The SMILES string of the molecule is CCCN1CC=C2C(C#N)=C(N)C(C#N)(C#N)[C@@H](c3ccsc3)[C@@H]2C1. The lowest BCUT2D eigenvalue weighted by Crippen LogP contribution is -2.48. The van der Waals surface area contributed by atoms with Gasteiger partial charge in [0.25, 0.3) is 0 Å². The van der Waals surface area contributed by atoms with E-state index in [2.05, 4.69) is 30.0 Å². The lowest BCUT2D eigenvalue weighted by atomic mass is 9.58. The second-order valence-corrected chi connectivity index (χ2v) is 7.27. The number of thiophene rings is 1. The van der Waals surface area contributed by atoms with E-state index in [0.29, 0.717) is 5.57 Å². The summed E-state index contributed by atoms with van der Waals surface area (Å²) in [5, 5.41) is 33.4. The fraction of sp³-hybridized carbons (Fsp3) is 0.421. The average Bonchev–Trinajstić information content (AvgIpc) is 3.15. The van der Waals surface area contributed by atoms with Crippen LogP contribution in [0.25, 0.3) is 0 Å². The van der Waals surface area contributed by atoms with Crippen LogP contribution < -0.4 is 5.73 Å². The summed E-state index contributed by atoms with van der Waals surface area (Å²) in [6, 6.07) is 8.44. The van der Waals surface area contributed by atoms with Gasteiger partial charge in [0.15, 0.2) is 5.41 Å². The molecule has 126 valence electrons. The second kappa shape index (κ2) is 6.73. The lowest BCUT2D eigenvalue weighted by Gasteiger charge is -2.45. The molecule has 0 bridgehead atoms. The van der Waals surface area contributed by atoms with E-state index in [-0.39, 0.29) is 17.5 Å². The summed E-state index contributed by atoms with van der Waals surface area (Å²) in [5.74, 6) is -0.451. The van der Waals surface area contributed by atoms with Gasteiger partial charge in [-0.2, -0.15) is 27.1 Å². The van der Waals surface area contributed by atoms with Gasteiger partial charge in [-0.05, 0) is 40.9 Å². The zero-order chi connectivity index (χ0) is 18.0.